The quantitative estimate of drug-likeness (QED) is 0.548. The molecule has 1 heterocycles. The van der Waals surface area contributed by atoms with Crippen molar-refractivity contribution < 1.29 is 4.79 Å². The Kier molecular flexibility index (Phi) is 5.66. The zero-order chi connectivity index (χ0) is 17.8. The van der Waals surface area contributed by atoms with Gasteiger partial charge in [0.25, 0.3) is 5.91 Å². The van der Waals surface area contributed by atoms with Crippen molar-refractivity contribution in [3.05, 3.63) is 69.0 Å². The summed E-state index contributed by atoms with van der Waals surface area (Å²) in [6.07, 6.45) is 2.00. The monoisotopic (exact) mass is 414 g/mol. The molecule has 0 bridgehead atoms. The molecule has 0 radical (unpaired) electrons. The van der Waals surface area contributed by atoms with Crippen LogP contribution >= 0.6 is 27.3 Å². The molecule has 5 heteroatoms. The van der Waals surface area contributed by atoms with Crippen LogP contribution in [0.3, 0.4) is 0 Å². The number of benzene rings is 2. The van der Waals surface area contributed by atoms with Gasteiger partial charge >= 0.3 is 0 Å². The van der Waals surface area contributed by atoms with Crippen LogP contribution in [0.4, 0.5) is 5.13 Å². The zero-order valence-corrected chi connectivity index (χ0v) is 16.6. The Morgan fingerprint density at radius 1 is 1.12 bits per heavy atom. The van der Waals surface area contributed by atoms with Crippen LogP contribution in [-0.2, 0) is 6.42 Å². The van der Waals surface area contributed by atoms with E-state index in [1.54, 1.807) is 23.5 Å². The summed E-state index contributed by atoms with van der Waals surface area (Å²) >= 11 is 4.94. The number of hydrogen-bond acceptors (Lipinski definition) is 3. The van der Waals surface area contributed by atoms with Crippen molar-refractivity contribution in [3.8, 4) is 11.3 Å². The number of thiazole rings is 1. The van der Waals surface area contributed by atoms with E-state index in [1.807, 2.05) is 12.1 Å². The lowest BCUT2D eigenvalue weighted by molar-refractivity contribution is 0.102. The lowest BCUT2D eigenvalue weighted by Gasteiger charge is -2.02. The van der Waals surface area contributed by atoms with Gasteiger partial charge in [0.15, 0.2) is 5.13 Å². The highest BCUT2D eigenvalue weighted by atomic mass is 79.9. The van der Waals surface area contributed by atoms with E-state index >= 15 is 0 Å². The summed E-state index contributed by atoms with van der Waals surface area (Å²) in [5.41, 5.74) is 3.90. The highest BCUT2D eigenvalue weighted by molar-refractivity contribution is 9.10. The van der Waals surface area contributed by atoms with Crippen molar-refractivity contribution in [2.75, 3.05) is 5.32 Å². The van der Waals surface area contributed by atoms with Gasteiger partial charge < -0.3 is 0 Å². The second-order valence-corrected chi connectivity index (χ2v) is 7.87. The summed E-state index contributed by atoms with van der Waals surface area (Å²) in [7, 11) is 0. The molecule has 0 aliphatic heterocycles. The van der Waals surface area contributed by atoms with E-state index in [4.69, 9.17) is 0 Å². The Hall–Kier alpha value is -1.98. The minimum atomic E-state index is -0.139. The summed E-state index contributed by atoms with van der Waals surface area (Å²) in [4.78, 5) is 18.3. The van der Waals surface area contributed by atoms with Gasteiger partial charge in [-0.05, 0) is 37.6 Å². The second-order valence-electron chi connectivity index (χ2n) is 5.87. The Morgan fingerprint density at radius 2 is 1.80 bits per heavy atom. The summed E-state index contributed by atoms with van der Waals surface area (Å²) in [6, 6.07) is 15.7. The molecule has 0 aliphatic carbocycles. The largest absolute Gasteiger partial charge is 0.298 e. The lowest BCUT2D eigenvalue weighted by Crippen LogP contribution is -2.11. The van der Waals surface area contributed by atoms with E-state index in [2.05, 4.69) is 64.3 Å². The van der Waals surface area contributed by atoms with Crippen molar-refractivity contribution in [2.45, 2.75) is 26.7 Å². The maximum Gasteiger partial charge on any atom is 0.257 e. The fraction of sp³-hybridized carbons (Fsp3) is 0.200. The van der Waals surface area contributed by atoms with Gasteiger partial charge in [-0.3, -0.25) is 10.1 Å². The average molecular weight is 415 g/mol. The van der Waals surface area contributed by atoms with Crippen LogP contribution in [0.5, 0.6) is 0 Å². The van der Waals surface area contributed by atoms with Gasteiger partial charge in [-0.1, -0.05) is 59.1 Å². The highest BCUT2D eigenvalue weighted by Crippen LogP contribution is 2.32. The lowest BCUT2D eigenvalue weighted by atomic mass is 10.1. The average Bonchev–Trinajstić information content (AvgIpc) is 2.99. The molecule has 128 valence electrons. The summed E-state index contributed by atoms with van der Waals surface area (Å²) in [6.45, 7) is 4.22. The van der Waals surface area contributed by atoms with Crippen LogP contribution < -0.4 is 5.32 Å². The fourth-order valence-electron chi connectivity index (χ4n) is 2.51. The molecule has 0 saturated heterocycles. The molecule has 0 aliphatic rings. The maximum atomic E-state index is 12.4. The first-order valence-corrected chi connectivity index (χ1v) is 9.81. The van der Waals surface area contributed by atoms with E-state index in [0.717, 1.165) is 28.6 Å². The summed E-state index contributed by atoms with van der Waals surface area (Å²) < 4.78 is 0.949. The van der Waals surface area contributed by atoms with Crippen LogP contribution in [0.2, 0.25) is 0 Å². The van der Waals surface area contributed by atoms with E-state index < -0.39 is 0 Å². The predicted molar refractivity (Wildman–Crippen MR) is 108 cm³/mol. The molecular weight excluding hydrogens is 396 g/mol. The van der Waals surface area contributed by atoms with Crippen molar-refractivity contribution in [1.82, 2.24) is 4.98 Å². The number of aromatic nitrogens is 1. The van der Waals surface area contributed by atoms with Gasteiger partial charge in [-0.15, -0.1) is 11.3 Å². The number of hydrogen-bond donors (Lipinski definition) is 1. The highest BCUT2D eigenvalue weighted by Gasteiger charge is 2.15. The van der Waals surface area contributed by atoms with Gasteiger partial charge in [-0.2, -0.15) is 0 Å². The van der Waals surface area contributed by atoms with E-state index in [1.165, 1.54) is 10.4 Å². The standard InChI is InChI=1S/C20H19BrN2OS/c1-3-4-17-18(14-7-5-13(2)6-8-14)22-20(25-17)23-19(24)15-9-11-16(21)12-10-15/h5-12H,3-4H2,1-2H3,(H,22,23,24). The minimum absolute atomic E-state index is 0.139. The third-order valence-corrected chi connectivity index (χ3v) is 5.39. The molecule has 1 N–H and O–H groups in total. The van der Waals surface area contributed by atoms with Crippen LogP contribution in [-0.4, -0.2) is 10.9 Å². The number of nitrogens with one attached hydrogen (secondary N) is 1. The topological polar surface area (TPSA) is 42.0 Å². The molecule has 0 fully saturated rings. The van der Waals surface area contributed by atoms with Crippen LogP contribution in [0.15, 0.2) is 53.0 Å². The van der Waals surface area contributed by atoms with E-state index in [-0.39, 0.29) is 5.91 Å². The summed E-state index contributed by atoms with van der Waals surface area (Å²) in [5, 5.41) is 3.58. The van der Waals surface area contributed by atoms with Crippen molar-refractivity contribution in [1.29, 1.82) is 0 Å². The van der Waals surface area contributed by atoms with Crippen LogP contribution in [0, 0.1) is 6.92 Å². The molecule has 3 aromatic rings. The molecule has 2 aromatic carbocycles. The first-order chi connectivity index (χ1) is 12.1. The van der Waals surface area contributed by atoms with Gasteiger partial charge in [0.05, 0.1) is 5.69 Å². The van der Waals surface area contributed by atoms with Gasteiger partial charge in [0.2, 0.25) is 0 Å². The van der Waals surface area contributed by atoms with Crippen molar-refractivity contribution in [2.24, 2.45) is 0 Å². The number of carbonyl (C=O) groups is 1. The van der Waals surface area contributed by atoms with E-state index in [0.29, 0.717) is 10.7 Å². The zero-order valence-electron chi connectivity index (χ0n) is 14.2. The molecule has 3 nitrogen and oxygen atoms in total. The second kappa shape index (κ2) is 7.93. The molecule has 1 aromatic heterocycles. The first-order valence-electron chi connectivity index (χ1n) is 8.20. The number of anilines is 1. The predicted octanol–water partition coefficient (Wildman–Crippen LogP) is 6.09. The molecule has 0 unspecified atom stereocenters. The number of nitrogens with zero attached hydrogens (tertiary/aromatic N) is 1. The number of amides is 1. The number of rotatable bonds is 5. The Morgan fingerprint density at radius 3 is 2.44 bits per heavy atom. The third kappa shape index (κ3) is 4.35. The number of halogens is 1. The Balaban J connectivity index is 1.87. The third-order valence-electron chi connectivity index (χ3n) is 3.83. The van der Waals surface area contributed by atoms with Gasteiger partial charge in [-0.25, -0.2) is 4.98 Å². The fourth-order valence-corrected chi connectivity index (χ4v) is 3.85. The Bertz CT molecular complexity index is 870. The summed E-state index contributed by atoms with van der Waals surface area (Å²) in [5.74, 6) is -0.139. The normalized spacial score (nSPS) is 10.7. The molecular formula is C20H19BrN2OS. The number of carbonyl (C=O) groups excluding carboxylic acids is 1. The SMILES string of the molecule is CCCc1sc(NC(=O)c2ccc(Br)cc2)nc1-c1ccc(C)cc1. The number of aryl methyl sites for hydroxylation is 2. The maximum absolute atomic E-state index is 12.4. The minimum Gasteiger partial charge on any atom is -0.298 e. The van der Waals surface area contributed by atoms with Crippen LogP contribution in [0.25, 0.3) is 11.3 Å². The van der Waals surface area contributed by atoms with Gasteiger partial charge in [0, 0.05) is 20.5 Å². The van der Waals surface area contributed by atoms with Gasteiger partial charge in [0.1, 0.15) is 0 Å². The molecule has 1 amide bonds. The molecule has 0 atom stereocenters. The van der Waals surface area contributed by atoms with Crippen molar-refractivity contribution >= 4 is 38.3 Å². The Labute approximate surface area is 160 Å². The smallest absolute Gasteiger partial charge is 0.257 e. The molecule has 0 saturated carbocycles. The first kappa shape index (κ1) is 17.8. The molecule has 0 spiro atoms. The van der Waals surface area contributed by atoms with E-state index in [9.17, 15) is 4.79 Å². The van der Waals surface area contributed by atoms with Crippen LogP contribution in [0.1, 0.15) is 34.1 Å². The molecule has 25 heavy (non-hydrogen) atoms. The molecule has 3 rings (SSSR count). The van der Waals surface area contributed by atoms with Crippen molar-refractivity contribution in [3.63, 3.8) is 0 Å².